The zero-order valence-corrected chi connectivity index (χ0v) is 12.0. The second-order valence-corrected chi connectivity index (χ2v) is 5.41. The Labute approximate surface area is 127 Å². The highest BCUT2D eigenvalue weighted by Crippen LogP contribution is 2.37. The number of halogens is 1. The molecule has 1 aliphatic heterocycles. The van der Waals surface area contributed by atoms with Crippen molar-refractivity contribution in [3.63, 3.8) is 0 Å². The van der Waals surface area contributed by atoms with Crippen molar-refractivity contribution in [2.24, 2.45) is 4.99 Å². The molecule has 1 aromatic heterocycles. The molecule has 0 radical (unpaired) electrons. The average Bonchev–Trinajstić information content (AvgIpc) is 2.99. The monoisotopic (exact) mass is 320 g/mol. The molecular formula is C14H9FN2O4S. The first kappa shape index (κ1) is 14.2. The molecule has 6 nitrogen and oxygen atoms in total. The summed E-state index contributed by atoms with van der Waals surface area (Å²) in [7, 11) is 1.21. The van der Waals surface area contributed by atoms with Crippen molar-refractivity contribution in [2.75, 3.05) is 7.11 Å². The Hall–Kier alpha value is -2.74. The highest BCUT2D eigenvalue weighted by Gasteiger charge is 2.28. The van der Waals surface area contributed by atoms with Gasteiger partial charge in [0.05, 0.1) is 17.7 Å². The lowest BCUT2D eigenvalue weighted by atomic mass is 10.0. The van der Waals surface area contributed by atoms with E-state index < -0.39 is 16.7 Å². The maximum absolute atomic E-state index is 13.5. The van der Waals surface area contributed by atoms with Crippen LogP contribution in [0.1, 0.15) is 10.4 Å². The first-order valence-corrected chi connectivity index (χ1v) is 6.92. The zero-order valence-electron chi connectivity index (χ0n) is 11.2. The lowest BCUT2D eigenvalue weighted by Crippen LogP contribution is -2.14. The van der Waals surface area contributed by atoms with Crippen molar-refractivity contribution in [3.05, 3.63) is 44.1 Å². The molecule has 3 rings (SSSR count). The molecular weight excluding hydrogens is 311 g/mol. The molecule has 0 atom stereocenters. The number of aromatic hydroxyl groups is 1. The van der Waals surface area contributed by atoms with Gasteiger partial charge in [-0.25, -0.2) is 14.2 Å². The normalized spacial score (nSPS) is 14.8. The van der Waals surface area contributed by atoms with Gasteiger partial charge < -0.3 is 9.84 Å². The SMILES string of the molecule is COC(=O)C1=Nc2ccc(F)cc2C1=Cc1sc(=O)[nH]c1O. The van der Waals surface area contributed by atoms with E-state index in [1.807, 2.05) is 0 Å². The van der Waals surface area contributed by atoms with Crippen LogP contribution >= 0.6 is 11.3 Å². The van der Waals surface area contributed by atoms with E-state index in [9.17, 15) is 19.1 Å². The number of fused-ring (bicyclic) bond motifs is 1. The lowest BCUT2D eigenvalue weighted by molar-refractivity contribution is -0.132. The summed E-state index contributed by atoms with van der Waals surface area (Å²) >= 11 is 0.763. The van der Waals surface area contributed by atoms with E-state index in [0.29, 0.717) is 11.3 Å². The standard InChI is InChI=1S/C14H9FN2O4S/c1-21-13(19)11-8(5-10-12(18)17-14(20)22-10)7-4-6(15)2-3-9(7)16-11/h2-5,18H,1H3,(H,17,20). The highest BCUT2D eigenvalue weighted by atomic mass is 32.1. The second kappa shape index (κ2) is 5.23. The summed E-state index contributed by atoms with van der Waals surface area (Å²) in [5.41, 5.74) is 1.08. The van der Waals surface area contributed by atoms with Crippen LogP contribution in [0.25, 0.3) is 11.6 Å². The van der Waals surface area contributed by atoms with Crippen molar-refractivity contribution < 1.29 is 19.0 Å². The van der Waals surface area contributed by atoms with Gasteiger partial charge in [-0.3, -0.25) is 9.78 Å². The fraction of sp³-hybridized carbons (Fsp3) is 0.0714. The van der Waals surface area contributed by atoms with E-state index in [4.69, 9.17) is 0 Å². The molecule has 1 aliphatic rings. The summed E-state index contributed by atoms with van der Waals surface area (Å²) in [6.07, 6.45) is 1.40. The van der Waals surface area contributed by atoms with Crippen LogP contribution in [0.4, 0.5) is 10.1 Å². The van der Waals surface area contributed by atoms with Gasteiger partial charge >= 0.3 is 10.8 Å². The molecule has 0 aliphatic carbocycles. The predicted molar refractivity (Wildman–Crippen MR) is 80.0 cm³/mol. The quantitative estimate of drug-likeness (QED) is 0.829. The number of benzene rings is 1. The van der Waals surface area contributed by atoms with Crippen LogP contribution in [0.5, 0.6) is 5.88 Å². The first-order chi connectivity index (χ1) is 10.5. The fourth-order valence-corrected chi connectivity index (χ4v) is 2.76. The van der Waals surface area contributed by atoms with Crippen molar-refractivity contribution in [1.82, 2.24) is 4.98 Å². The minimum atomic E-state index is -0.690. The average molecular weight is 320 g/mol. The Morgan fingerprint density at radius 3 is 2.91 bits per heavy atom. The molecule has 0 bridgehead atoms. The van der Waals surface area contributed by atoms with Gasteiger partial charge in [-0.05, 0) is 24.3 Å². The van der Waals surface area contributed by atoms with Gasteiger partial charge in [0.15, 0.2) is 5.71 Å². The number of aromatic nitrogens is 1. The molecule has 2 heterocycles. The lowest BCUT2D eigenvalue weighted by Gasteiger charge is -2.03. The van der Waals surface area contributed by atoms with Crippen LogP contribution in [0.15, 0.2) is 28.0 Å². The predicted octanol–water partition coefficient (Wildman–Crippen LogP) is 2.08. The number of aliphatic imine (C=N–C) groups is 1. The van der Waals surface area contributed by atoms with Crippen LogP contribution in [-0.2, 0) is 9.53 Å². The minimum Gasteiger partial charge on any atom is -0.493 e. The molecule has 0 amide bonds. The number of nitrogens with one attached hydrogen (secondary N) is 1. The molecule has 0 fully saturated rings. The molecule has 2 aromatic rings. The van der Waals surface area contributed by atoms with Gasteiger partial charge in [0, 0.05) is 11.1 Å². The number of hydrogen-bond donors (Lipinski definition) is 2. The third kappa shape index (κ3) is 2.33. The maximum Gasteiger partial charge on any atom is 0.357 e. The number of esters is 1. The number of nitrogens with zero attached hydrogens (tertiary/aromatic N) is 1. The first-order valence-electron chi connectivity index (χ1n) is 6.10. The molecule has 8 heteroatoms. The number of thiazole rings is 1. The Morgan fingerprint density at radius 2 is 2.27 bits per heavy atom. The second-order valence-electron chi connectivity index (χ2n) is 4.40. The van der Waals surface area contributed by atoms with Crippen molar-refractivity contribution in [3.8, 4) is 5.88 Å². The number of methoxy groups -OCH3 is 1. The summed E-state index contributed by atoms with van der Waals surface area (Å²) < 4.78 is 18.1. The number of H-pyrrole nitrogens is 1. The van der Waals surface area contributed by atoms with Gasteiger partial charge in [-0.2, -0.15) is 0 Å². The van der Waals surface area contributed by atoms with Gasteiger partial charge in [-0.1, -0.05) is 11.3 Å². The Kier molecular flexibility index (Phi) is 3.38. The molecule has 22 heavy (non-hydrogen) atoms. The van der Waals surface area contributed by atoms with Gasteiger partial charge in [-0.15, -0.1) is 0 Å². The summed E-state index contributed by atoms with van der Waals surface area (Å²) in [5, 5.41) is 9.66. The van der Waals surface area contributed by atoms with Gasteiger partial charge in [0.2, 0.25) is 5.88 Å². The number of hydrogen-bond acceptors (Lipinski definition) is 6. The summed E-state index contributed by atoms with van der Waals surface area (Å²) in [6.45, 7) is 0. The maximum atomic E-state index is 13.5. The van der Waals surface area contributed by atoms with Crippen molar-refractivity contribution in [1.29, 1.82) is 0 Å². The number of aromatic amines is 1. The van der Waals surface area contributed by atoms with Crippen LogP contribution in [0.2, 0.25) is 0 Å². The third-order valence-electron chi connectivity index (χ3n) is 3.05. The number of carbonyl (C=O) groups excluding carboxylic acids is 1. The van der Waals surface area contributed by atoms with E-state index in [0.717, 1.165) is 11.3 Å². The van der Waals surface area contributed by atoms with Crippen molar-refractivity contribution in [2.45, 2.75) is 0 Å². The highest BCUT2D eigenvalue weighted by molar-refractivity contribution is 7.10. The zero-order chi connectivity index (χ0) is 15.9. The fourth-order valence-electron chi connectivity index (χ4n) is 2.09. The van der Waals surface area contributed by atoms with E-state index in [-0.39, 0.29) is 22.0 Å². The Balaban J connectivity index is 2.20. The molecule has 0 unspecified atom stereocenters. The van der Waals surface area contributed by atoms with Crippen molar-refractivity contribution >= 4 is 40.4 Å². The van der Waals surface area contributed by atoms with E-state index in [2.05, 4.69) is 14.7 Å². The Bertz CT molecular complexity index is 894. The van der Waals surface area contributed by atoms with Crippen LogP contribution in [0.3, 0.4) is 0 Å². The molecule has 112 valence electrons. The topological polar surface area (TPSA) is 91.8 Å². The van der Waals surface area contributed by atoms with E-state index in [1.54, 1.807) is 0 Å². The number of rotatable bonds is 2. The molecule has 2 N–H and O–H groups in total. The Morgan fingerprint density at radius 1 is 1.50 bits per heavy atom. The third-order valence-corrected chi connectivity index (χ3v) is 3.87. The summed E-state index contributed by atoms with van der Waals surface area (Å²) in [6, 6.07) is 3.90. The molecule has 0 saturated heterocycles. The summed E-state index contributed by atoms with van der Waals surface area (Å²) in [4.78, 5) is 29.2. The van der Waals surface area contributed by atoms with Crippen LogP contribution < -0.4 is 4.87 Å². The van der Waals surface area contributed by atoms with Gasteiger partial charge in [0.1, 0.15) is 5.82 Å². The molecule has 0 spiro atoms. The smallest absolute Gasteiger partial charge is 0.357 e. The largest absolute Gasteiger partial charge is 0.493 e. The van der Waals surface area contributed by atoms with E-state index in [1.165, 1.54) is 31.4 Å². The van der Waals surface area contributed by atoms with Crippen LogP contribution in [0, 0.1) is 5.82 Å². The minimum absolute atomic E-state index is 0.0108. The summed E-state index contributed by atoms with van der Waals surface area (Å²) in [5.74, 6) is -1.50. The number of carbonyl (C=O) groups is 1. The molecule has 0 saturated carbocycles. The van der Waals surface area contributed by atoms with Crippen LogP contribution in [-0.4, -0.2) is 28.9 Å². The van der Waals surface area contributed by atoms with Gasteiger partial charge in [0.25, 0.3) is 0 Å². The van der Waals surface area contributed by atoms with E-state index >= 15 is 0 Å². The molecule has 1 aromatic carbocycles. The number of ether oxygens (including phenoxy) is 1.